The van der Waals surface area contributed by atoms with Crippen LogP contribution in [0.2, 0.25) is 0 Å². The summed E-state index contributed by atoms with van der Waals surface area (Å²) < 4.78 is 14.1. The van der Waals surface area contributed by atoms with Gasteiger partial charge in [-0.3, -0.25) is 4.79 Å². The number of halogens is 1. The Labute approximate surface area is 201 Å². The molecule has 1 atom stereocenters. The number of aliphatic hydroxyl groups is 1. The van der Waals surface area contributed by atoms with E-state index in [0.717, 1.165) is 29.8 Å². The normalized spacial score (nSPS) is 14.7. The Kier molecular flexibility index (Phi) is 5.75. The lowest BCUT2D eigenvalue weighted by Crippen LogP contribution is -2.30. The minimum Gasteiger partial charge on any atom is -0.508 e. The smallest absolute Gasteiger partial charge is 0.270 e. The van der Waals surface area contributed by atoms with Crippen LogP contribution in [0.4, 0.5) is 4.39 Å². The Morgan fingerprint density at radius 1 is 1.20 bits per heavy atom. The molecule has 4 aromatic rings. The second-order valence-corrected chi connectivity index (χ2v) is 8.99. The molecule has 1 aliphatic rings. The van der Waals surface area contributed by atoms with Gasteiger partial charge in [-0.25, -0.2) is 9.37 Å². The molecular formula is C28H24FN3O3. The molecule has 5 rings (SSSR count). The molecule has 1 fully saturated rings. The second kappa shape index (κ2) is 8.90. The molecule has 0 saturated heterocycles. The largest absolute Gasteiger partial charge is 0.508 e. The number of aliphatic hydroxyl groups excluding tert-OH is 1. The van der Waals surface area contributed by atoms with Gasteiger partial charge in [0, 0.05) is 28.0 Å². The van der Waals surface area contributed by atoms with E-state index in [1.54, 1.807) is 19.1 Å². The molecule has 0 aliphatic heterocycles. The number of aromatic amines is 1. The number of carbonyl (C=O) groups is 1. The van der Waals surface area contributed by atoms with Crippen LogP contribution < -0.4 is 5.32 Å². The van der Waals surface area contributed by atoms with Crippen molar-refractivity contribution in [3.8, 4) is 17.6 Å². The predicted molar refractivity (Wildman–Crippen MR) is 130 cm³/mol. The first kappa shape index (κ1) is 22.6. The van der Waals surface area contributed by atoms with Crippen LogP contribution in [0, 0.1) is 30.0 Å². The van der Waals surface area contributed by atoms with Crippen LogP contribution >= 0.6 is 0 Å². The molecule has 4 N–H and O–H groups in total. The molecule has 1 saturated carbocycles. The number of hydrogen-bond acceptors (Lipinski definition) is 4. The van der Waals surface area contributed by atoms with Gasteiger partial charge in [0.2, 0.25) is 0 Å². The van der Waals surface area contributed by atoms with Crippen molar-refractivity contribution in [2.24, 2.45) is 5.41 Å². The number of nitrogens with one attached hydrogen (secondary N) is 2. The van der Waals surface area contributed by atoms with Gasteiger partial charge in [-0.15, -0.1) is 0 Å². The molecule has 6 nitrogen and oxygen atoms in total. The fourth-order valence-electron chi connectivity index (χ4n) is 4.07. The second-order valence-electron chi connectivity index (χ2n) is 8.99. The third-order valence-electron chi connectivity index (χ3n) is 6.25. The van der Waals surface area contributed by atoms with Crippen molar-refractivity contribution in [1.82, 2.24) is 15.3 Å². The number of para-hydroxylation sites is 1. The van der Waals surface area contributed by atoms with Gasteiger partial charge in [-0.1, -0.05) is 30.0 Å². The number of amides is 1. The number of hydrogen-bond donors (Lipinski definition) is 4. The van der Waals surface area contributed by atoms with Crippen molar-refractivity contribution in [1.29, 1.82) is 0 Å². The van der Waals surface area contributed by atoms with Crippen LogP contribution in [0.25, 0.3) is 10.9 Å². The van der Waals surface area contributed by atoms with E-state index in [1.807, 2.05) is 30.3 Å². The van der Waals surface area contributed by atoms with E-state index in [-0.39, 0.29) is 29.0 Å². The van der Waals surface area contributed by atoms with E-state index in [4.69, 9.17) is 0 Å². The lowest BCUT2D eigenvalue weighted by atomic mass is 10.0. The first-order chi connectivity index (χ1) is 16.9. The first-order valence-electron chi connectivity index (χ1n) is 11.4. The van der Waals surface area contributed by atoms with Crippen LogP contribution in [0.15, 0.2) is 60.7 Å². The maximum Gasteiger partial charge on any atom is 0.270 e. The number of fused-ring (bicyclic) bond motifs is 1. The fourth-order valence-corrected chi connectivity index (χ4v) is 4.07. The number of pyridine rings is 1. The minimum atomic E-state index is -0.855. The average molecular weight is 470 g/mol. The van der Waals surface area contributed by atoms with Crippen molar-refractivity contribution in [3.05, 3.63) is 94.7 Å². The molecule has 35 heavy (non-hydrogen) atoms. The van der Waals surface area contributed by atoms with E-state index in [2.05, 4.69) is 27.1 Å². The molecule has 1 amide bonds. The Morgan fingerprint density at radius 2 is 2.00 bits per heavy atom. The summed E-state index contributed by atoms with van der Waals surface area (Å²) in [5.74, 6) is 5.01. The molecule has 0 spiro atoms. The topological polar surface area (TPSA) is 98.2 Å². The van der Waals surface area contributed by atoms with Crippen LogP contribution in [0.1, 0.15) is 51.9 Å². The van der Waals surface area contributed by atoms with Gasteiger partial charge >= 0.3 is 0 Å². The number of carbonyl (C=O) groups excluding carboxylic acids is 1. The van der Waals surface area contributed by atoms with E-state index < -0.39 is 17.8 Å². The van der Waals surface area contributed by atoms with E-state index in [1.165, 1.54) is 12.1 Å². The molecular weight excluding hydrogens is 445 g/mol. The van der Waals surface area contributed by atoms with Crippen molar-refractivity contribution < 1.29 is 19.4 Å². The molecule has 2 heterocycles. The summed E-state index contributed by atoms with van der Waals surface area (Å²) in [6, 6.07) is 15.6. The lowest BCUT2D eigenvalue weighted by Gasteiger charge is -2.19. The zero-order valence-electron chi connectivity index (χ0n) is 19.1. The standard InChI is InChI=1S/C28H24FN3O3/c1-17-12-18(8-9-28(16-33)10-11-28)13-24(30-17)27(35)32-26(21-15-20(29)6-7-25(21)34)23-14-19-4-2-3-5-22(19)31-23/h2-7,12-15,26,31,33-34H,10-11,16H2,1H3,(H,32,35). The van der Waals surface area contributed by atoms with Crippen LogP contribution in [0.5, 0.6) is 5.75 Å². The molecule has 1 aliphatic carbocycles. The van der Waals surface area contributed by atoms with Crippen molar-refractivity contribution in [2.75, 3.05) is 6.61 Å². The highest BCUT2D eigenvalue weighted by molar-refractivity contribution is 5.93. The van der Waals surface area contributed by atoms with Crippen molar-refractivity contribution in [2.45, 2.75) is 25.8 Å². The third kappa shape index (κ3) is 4.75. The lowest BCUT2D eigenvalue weighted by molar-refractivity contribution is 0.0936. The predicted octanol–water partition coefficient (Wildman–Crippen LogP) is 4.36. The van der Waals surface area contributed by atoms with E-state index >= 15 is 0 Å². The highest BCUT2D eigenvalue weighted by Gasteiger charge is 2.40. The van der Waals surface area contributed by atoms with Gasteiger partial charge in [0.1, 0.15) is 17.3 Å². The van der Waals surface area contributed by atoms with Gasteiger partial charge < -0.3 is 20.5 Å². The molecule has 2 aromatic heterocycles. The van der Waals surface area contributed by atoms with Gasteiger partial charge in [0.05, 0.1) is 18.1 Å². The highest BCUT2D eigenvalue weighted by Crippen LogP contribution is 2.44. The number of rotatable bonds is 5. The van der Waals surface area contributed by atoms with E-state index in [0.29, 0.717) is 17.0 Å². The van der Waals surface area contributed by atoms with Crippen LogP contribution in [0.3, 0.4) is 0 Å². The van der Waals surface area contributed by atoms with E-state index in [9.17, 15) is 19.4 Å². The SMILES string of the molecule is Cc1cc(C#CC2(CO)CC2)cc(C(=O)NC(c2cc3ccccc3[nH]2)c2cc(F)ccc2O)n1. The van der Waals surface area contributed by atoms with Gasteiger partial charge in [0.15, 0.2) is 0 Å². The summed E-state index contributed by atoms with van der Waals surface area (Å²) in [6.07, 6.45) is 1.72. The zero-order valence-corrected chi connectivity index (χ0v) is 19.1. The Bertz CT molecular complexity index is 1460. The number of phenolic OH excluding ortho intramolecular Hbond substituents is 1. The summed E-state index contributed by atoms with van der Waals surface area (Å²) in [5.41, 5.74) is 2.71. The Hall–Kier alpha value is -4.15. The molecule has 176 valence electrons. The zero-order chi connectivity index (χ0) is 24.6. The van der Waals surface area contributed by atoms with Gasteiger partial charge in [0.25, 0.3) is 5.91 Å². The number of phenols is 1. The average Bonchev–Trinajstić information content (AvgIpc) is 3.51. The number of aromatic hydroxyl groups is 1. The number of aryl methyl sites for hydroxylation is 1. The number of H-pyrrole nitrogens is 1. The number of benzene rings is 2. The van der Waals surface area contributed by atoms with Crippen molar-refractivity contribution >= 4 is 16.8 Å². The maximum atomic E-state index is 14.1. The molecule has 0 bridgehead atoms. The maximum absolute atomic E-state index is 14.1. The number of aromatic nitrogens is 2. The van der Waals surface area contributed by atoms with Crippen molar-refractivity contribution in [3.63, 3.8) is 0 Å². The summed E-state index contributed by atoms with van der Waals surface area (Å²) in [4.78, 5) is 21.0. The van der Waals surface area contributed by atoms with Gasteiger partial charge in [-0.05, 0) is 67.6 Å². The quantitative estimate of drug-likeness (QED) is 0.327. The Morgan fingerprint density at radius 3 is 2.74 bits per heavy atom. The fraction of sp³-hybridized carbons (Fsp3) is 0.214. The summed E-state index contributed by atoms with van der Waals surface area (Å²) in [6.45, 7) is 1.79. The molecule has 0 radical (unpaired) electrons. The summed E-state index contributed by atoms with van der Waals surface area (Å²) in [7, 11) is 0. The Balaban J connectivity index is 1.51. The third-order valence-corrected chi connectivity index (χ3v) is 6.25. The van der Waals surface area contributed by atoms with Gasteiger partial charge in [-0.2, -0.15) is 0 Å². The molecule has 1 unspecified atom stereocenters. The monoisotopic (exact) mass is 469 g/mol. The molecule has 2 aromatic carbocycles. The highest BCUT2D eigenvalue weighted by atomic mass is 19.1. The summed E-state index contributed by atoms with van der Waals surface area (Å²) >= 11 is 0. The first-order valence-corrected chi connectivity index (χ1v) is 11.4. The van der Waals surface area contributed by atoms with Crippen LogP contribution in [-0.2, 0) is 0 Å². The minimum absolute atomic E-state index is 0.0146. The number of nitrogens with zero attached hydrogens (tertiary/aromatic N) is 1. The summed E-state index contributed by atoms with van der Waals surface area (Å²) in [5, 5.41) is 23.8. The van der Waals surface area contributed by atoms with Crippen LogP contribution in [-0.4, -0.2) is 32.7 Å². The molecule has 7 heteroatoms.